The largest absolute Gasteiger partial charge is 0.493 e. The Hall–Kier alpha value is -1.95. The quantitative estimate of drug-likeness (QED) is 0.795. The first-order valence-electron chi connectivity index (χ1n) is 7.90. The van der Waals surface area contributed by atoms with Gasteiger partial charge in [0.15, 0.2) is 0 Å². The number of anilines is 1. The third kappa shape index (κ3) is 5.63. The lowest BCUT2D eigenvalue weighted by molar-refractivity contribution is -0.116. The van der Waals surface area contributed by atoms with Crippen molar-refractivity contribution >= 4 is 22.4 Å². The number of unbranched alkanes of at least 4 members (excludes halogenated alkanes) is 1. The van der Waals surface area contributed by atoms with E-state index in [-0.39, 0.29) is 12.3 Å². The fraction of sp³-hybridized carbons (Fsp3) is 0.471. The van der Waals surface area contributed by atoms with Crippen LogP contribution in [0.1, 0.15) is 42.3 Å². The molecule has 2 rings (SSSR count). The summed E-state index contributed by atoms with van der Waals surface area (Å²) in [4.78, 5) is 11.9. The van der Waals surface area contributed by atoms with Gasteiger partial charge in [-0.2, -0.15) is 0 Å². The van der Waals surface area contributed by atoms with Gasteiger partial charge in [0, 0.05) is 6.42 Å². The minimum absolute atomic E-state index is 0.103. The molecule has 1 amide bonds. The summed E-state index contributed by atoms with van der Waals surface area (Å²) in [5, 5.41) is 12.4. The van der Waals surface area contributed by atoms with Crippen molar-refractivity contribution in [2.45, 2.75) is 46.5 Å². The van der Waals surface area contributed by atoms with Crippen LogP contribution in [0.3, 0.4) is 0 Å². The van der Waals surface area contributed by atoms with Gasteiger partial charge in [-0.3, -0.25) is 4.79 Å². The van der Waals surface area contributed by atoms with Crippen LogP contribution in [0.25, 0.3) is 0 Å². The predicted octanol–water partition coefficient (Wildman–Crippen LogP) is 3.91. The Labute approximate surface area is 141 Å². The van der Waals surface area contributed by atoms with E-state index in [9.17, 15) is 4.79 Å². The van der Waals surface area contributed by atoms with Crippen LogP contribution in [-0.2, 0) is 11.2 Å². The number of nitrogens with one attached hydrogen (secondary N) is 1. The van der Waals surface area contributed by atoms with Crippen LogP contribution in [-0.4, -0.2) is 22.7 Å². The van der Waals surface area contributed by atoms with Crippen molar-refractivity contribution in [3.05, 3.63) is 34.3 Å². The standard InChI is InChI=1S/C17H23N3O2S/c1-4-5-6-16-19-20-17(23-16)18-15(21)9-10-22-14-11-12(2)7-8-13(14)3/h7-8,11H,4-6,9-10H2,1-3H3,(H,18,20,21). The maximum absolute atomic E-state index is 11.9. The van der Waals surface area contributed by atoms with E-state index in [1.54, 1.807) is 0 Å². The normalized spacial score (nSPS) is 10.6. The average molecular weight is 333 g/mol. The van der Waals surface area contributed by atoms with E-state index < -0.39 is 0 Å². The second-order valence-electron chi connectivity index (χ2n) is 5.52. The predicted molar refractivity (Wildman–Crippen MR) is 93.2 cm³/mol. The number of aryl methyl sites for hydroxylation is 3. The molecule has 0 aliphatic carbocycles. The zero-order valence-corrected chi connectivity index (χ0v) is 14.7. The molecule has 0 radical (unpaired) electrons. The zero-order chi connectivity index (χ0) is 16.7. The van der Waals surface area contributed by atoms with Gasteiger partial charge in [0.25, 0.3) is 0 Å². The number of ether oxygens (including phenoxy) is 1. The van der Waals surface area contributed by atoms with Gasteiger partial charge in [0.2, 0.25) is 11.0 Å². The van der Waals surface area contributed by atoms with Crippen molar-refractivity contribution in [3.63, 3.8) is 0 Å². The third-order valence-electron chi connectivity index (χ3n) is 3.39. The summed E-state index contributed by atoms with van der Waals surface area (Å²) in [5.41, 5.74) is 2.21. The number of carbonyl (C=O) groups excluding carboxylic acids is 1. The topological polar surface area (TPSA) is 64.1 Å². The first kappa shape index (κ1) is 17.4. The van der Waals surface area contributed by atoms with Crippen LogP contribution in [0.15, 0.2) is 18.2 Å². The highest BCUT2D eigenvalue weighted by Crippen LogP contribution is 2.20. The second-order valence-corrected chi connectivity index (χ2v) is 6.58. The summed E-state index contributed by atoms with van der Waals surface area (Å²) < 4.78 is 5.69. The van der Waals surface area contributed by atoms with Crippen molar-refractivity contribution in [3.8, 4) is 5.75 Å². The number of carbonyl (C=O) groups is 1. The molecule has 1 N–H and O–H groups in total. The Bertz CT molecular complexity index is 655. The van der Waals surface area contributed by atoms with Gasteiger partial charge < -0.3 is 10.1 Å². The third-order valence-corrected chi connectivity index (χ3v) is 4.29. The van der Waals surface area contributed by atoms with Gasteiger partial charge in [-0.1, -0.05) is 36.8 Å². The number of amides is 1. The van der Waals surface area contributed by atoms with Gasteiger partial charge in [0.05, 0.1) is 13.0 Å². The highest BCUT2D eigenvalue weighted by atomic mass is 32.1. The van der Waals surface area contributed by atoms with E-state index in [4.69, 9.17) is 4.74 Å². The smallest absolute Gasteiger partial charge is 0.229 e. The van der Waals surface area contributed by atoms with Gasteiger partial charge in [0.1, 0.15) is 10.8 Å². The lowest BCUT2D eigenvalue weighted by Crippen LogP contribution is -2.15. The maximum atomic E-state index is 11.9. The Morgan fingerprint density at radius 1 is 1.30 bits per heavy atom. The molecule has 0 fully saturated rings. The number of nitrogens with zero attached hydrogens (tertiary/aromatic N) is 2. The fourth-order valence-corrected chi connectivity index (χ4v) is 2.83. The van der Waals surface area contributed by atoms with Crippen molar-refractivity contribution in [2.75, 3.05) is 11.9 Å². The van der Waals surface area contributed by atoms with E-state index >= 15 is 0 Å². The molecular formula is C17H23N3O2S. The van der Waals surface area contributed by atoms with E-state index in [0.29, 0.717) is 11.7 Å². The van der Waals surface area contributed by atoms with Gasteiger partial charge in [-0.05, 0) is 37.5 Å². The molecular weight excluding hydrogens is 310 g/mol. The van der Waals surface area contributed by atoms with E-state index in [1.807, 2.05) is 32.0 Å². The van der Waals surface area contributed by atoms with Crippen LogP contribution in [0.4, 0.5) is 5.13 Å². The Morgan fingerprint density at radius 2 is 2.13 bits per heavy atom. The zero-order valence-electron chi connectivity index (χ0n) is 13.9. The summed E-state index contributed by atoms with van der Waals surface area (Å²) in [7, 11) is 0. The molecule has 0 aliphatic rings. The monoisotopic (exact) mass is 333 g/mol. The van der Waals surface area contributed by atoms with Gasteiger partial charge in [-0.25, -0.2) is 0 Å². The van der Waals surface area contributed by atoms with Crippen LogP contribution < -0.4 is 10.1 Å². The Morgan fingerprint density at radius 3 is 2.91 bits per heavy atom. The number of benzene rings is 1. The summed E-state index contributed by atoms with van der Waals surface area (Å²) in [6.45, 7) is 6.50. The molecule has 0 spiro atoms. The molecule has 1 aromatic heterocycles. The van der Waals surface area contributed by atoms with Crippen LogP contribution in [0, 0.1) is 13.8 Å². The Kier molecular flexibility index (Phi) is 6.52. The van der Waals surface area contributed by atoms with Gasteiger partial charge in [-0.15, -0.1) is 10.2 Å². The number of rotatable bonds is 8. The molecule has 0 saturated carbocycles. The Balaban J connectivity index is 1.76. The molecule has 0 unspecified atom stereocenters. The summed E-state index contributed by atoms with van der Waals surface area (Å²) >= 11 is 1.44. The number of aromatic nitrogens is 2. The van der Waals surface area contributed by atoms with Crippen molar-refractivity contribution < 1.29 is 9.53 Å². The number of hydrogen-bond donors (Lipinski definition) is 1. The molecule has 6 heteroatoms. The molecule has 1 aromatic carbocycles. The molecule has 23 heavy (non-hydrogen) atoms. The summed E-state index contributed by atoms with van der Waals surface area (Å²) in [6, 6.07) is 6.04. The molecule has 0 aliphatic heterocycles. The SMILES string of the molecule is CCCCc1nnc(NC(=O)CCOc2cc(C)ccc2C)s1. The molecule has 124 valence electrons. The van der Waals surface area contributed by atoms with Crippen LogP contribution in [0.2, 0.25) is 0 Å². The second kappa shape index (κ2) is 8.62. The van der Waals surface area contributed by atoms with Crippen LogP contribution in [0.5, 0.6) is 5.75 Å². The molecule has 1 heterocycles. The fourth-order valence-electron chi connectivity index (χ4n) is 2.03. The van der Waals surface area contributed by atoms with Crippen molar-refractivity contribution in [1.82, 2.24) is 10.2 Å². The molecule has 0 saturated heterocycles. The first-order chi connectivity index (χ1) is 11.1. The summed E-state index contributed by atoms with van der Waals surface area (Å²) in [6.07, 6.45) is 3.42. The minimum Gasteiger partial charge on any atom is -0.493 e. The molecule has 0 bridgehead atoms. The average Bonchev–Trinajstić information content (AvgIpc) is 2.96. The lowest BCUT2D eigenvalue weighted by Gasteiger charge is -2.09. The van der Waals surface area contributed by atoms with Crippen LogP contribution >= 0.6 is 11.3 Å². The first-order valence-corrected chi connectivity index (χ1v) is 8.72. The van der Waals surface area contributed by atoms with E-state index in [0.717, 1.165) is 41.1 Å². The lowest BCUT2D eigenvalue weighted by atomic mass is 10.1. The van der Waals surface area contributed by atoms with Crippen molar-refractivity contribution in [2.24, 2.45) is 0 Å². The van der Waals surface area contributed by atoms with E-state index in [1.165, 1.54) is 11.3 Å². The minimum atomic E-state index is -0.103. The summed E-state index contributed by atoms with van der Waals surface area (Å²) in [5.74, 6) is 0.726. The van der Waals surface area contributed by atoms with Gasteiger partial charge >= 0.3 is 0 Å². The molecule has 0 atom stereocenters. The highest BCUT2D eigenvalue weighted by Gasteiger charge is 2.09. The maximum Gasteiger partial charge on any atom is 0.229 e. The highest BCUT2D eigenvalue weighted by molar-refractivity contribution is 7.15. The van der Waals surface area contributed by atoms with E-state index in [2.05, 4.69) is 22.4 Å². The molecule has 2 aromatic rings. The molecule has 5 nitrogen and oxygen atoms in total. The number of hydrogen-bond acceptors (Lipinski definition) is 5. The van der Waals surface area contributed by atoms with Crippen molar-refractivity contribution in [1.29, 1.82) is 0 Å².